The molecule has 1 saturated heterocycles. The summed E-state index contributed by atoms with van der Waals surface area (Å²) in [7, 11) is 0. The molecule has 2 aliphatic heterocycles. The van der Waals surface area contributed by atoms with Gasteiger partial charge in [-0.05, 0) is 23.8 Å². The van der Waals surface area contributed by atoms with Gasteiger partial charge in [-0.15, -0.1) is 0 Å². The molecule has 1 atom stereocenters. The highest BCUT2D eigenvalue weighted by atomic mass is 35.5. The maximum absolute atomic E-state index is 13.4. The number of hydrogen-bond donors (Lipinski definition) is 0. The maximum Gasteiger partial charge on any atom is 0.265 e. The van der Waals surface area contributed by atoms with Crippen LogP contribution >= 0.6 is 23.4 Å². The van der Waals surface area contributed by atoms with Gasteiger partial charge in [-0.3, -0.25) is 19.1 Å². The number of aromatic nitrogens is 4. The number of halogens is 1. The first kappa shape index (κ1) is 23.3. The van der Waals surface area contributed by atoms with Crippen LogP contribution in [0.2, 0.25) is 5.02 Å². The lowest BCUT2D eigenvalue weighted by molar-refractivity contribution is -0.133. The molecule has 8 nitrogen and oxygen atoms in total. The van der Waals surface area contributed by atoms with Crippen LogP contribution in [-0.4, -0.2) is 67.0 Å². The summed E-state index contributed by atoms with van der Waals surface area (Å²) in [6.07, 6.45) is 1.85. The SMILES string of the molecule is O=C(CC1CSc2nc3c(cnn3-c3cccc(Cl)c3)c(=O)n21)N1CCN(Cc2ccccc2)CC1. The van der Waals surface area contributed by atoms with Gasteiger partial charge < -0.3 is 4.90 Å². The van der Waals surface area contributed by atoms with Gasteiger partial charge >= 0.3 is 0 Å². The Morgan fingerprint density at radius 2 is 1.86 bits per heavy atom. The van der Waals surface area contributed by atoms with Crippen LogP contribution in [-0.2, 0) is 11.3 Å². The number of hydrogen-bond acceptors (Lipinski definition) is 6. The van der Waals surface area contributed by atoms with Crippen molar-refractivity contribution in [1.82, 2.24) is 29.1 Å². The number of piperazine rings is 1. The molecule has 0 radical (unpaired) electrons. The molecule has 2 aromatic carbocycles. The summed E-state index contributed by atoms with van der Waals surface area (Å²) in [5.74, 6) is 0.744. The molecule has 0 saturated carbocycles. The van der Waals surface area contributed by atoms with Crippen LogP contribution in [0.15, 0.2) is 70.7 Å². The molecule has 4 aromatic rings. The average Bonchev–Trinajstić information content (AvgIpc) is 3.50. The number of carbonyl (C=O) groups is 1. The monoisotopic (exact) mass is 520 g/mol. The second-order valence-corrected chi connectivity index (χ2v) is 10.6. The van der Waals surface area contributed by atoms with E-state index in [1.807, 2.05) is 23.1 Å². The molecular formula is C26H25ClN6O2S. The van der Waals surface area contributed by atoms with Crippen molar-refractivity contribution in [3.05, 3.63) is 81.7 Å². The standard InChI is InChI=1S/C26H25ClN6O2S/c27-19-7-4-8-20(13-19)33-24-22(15-28-33)25(35)32-21(17-36-26(32)29-24)14-23(34)31-11-9-30(10-12-31)16-18-5-2-1-3-6-18/h1-8,13,15,21H,9-12,14,16-17H2. The Hall–Kier alpha value is -3.14. The topological polar surface area (TPSA) is 76.3 Å². The molecule has 1 amide bonds. The minimum absolute atomic E-state index is 0.0921. The van der Waals surface area contributed by atoms with Crippen molar-refractivity contribution in [3.8, 4) is 5.69 Å². The average molecular weight is 521 g/mol. The number of rotatable bonds is 5. The zero-order chi connectivity index (χ0) is 24.6. The van der Waals surface area contributed by atoms with E-state index in [-0.39, 0.29) is 17.5 Å². The molecule has 0 spiro atoms. The molecule has 0 bridgehead atoms. The third-order valence-corrected chi connectivity index (χ3v) is 8.14. The number of amides is 1. The van der Waals surface area contributed by atoms with Crippen LogP contribution < -0.4 is 5.56 Å². The normalized spacial score (nSPS) is 18.0. The van der Waals surface area contributed by atoms with Crippen molar-refractivity contribution >= 4 is 40.3 Å². The summed E-state index contributed by atoms with van der Waals surface area (Å²) in [5.41, 5.74) is 2.38. The van der Waals surface area contributed by atoms with Crippen molar-refractivity contribution in [2.45, 2.75) is 24.2 Å². The van der Waals surface area contributed by atoms with Gasteiger partial charge in [0.15, 0.2) is 10.8 Å². The van der Waals surface area contributed by atoms with E-state index in [0.29, 0.717) is 46.5 Å². The Balaban J connectivity index is 1.16. The van der Waals surface area contributed by atoms with Crippen LogP contribution in [0.3, 0.4) is 0 Å². The van der Waals surface area contributed by atoms with E-state index in [0.717, 1.165) is 25.3 Å². The van der Waals surface area contributed by atoms with Crippen LogP contribution in [0.4, 0.5) is 0 Å². The second-order valence-electron chi connectivity index (χ2n) is 9.15. The summed E-state index contributed by atoms with van der Waals surface area (Å²) < 4.78 is 3.32. The third kappa shape index (κ3) is 4.42. The van der Waals surface area contributed by atoms with Crippen LogP contribution in [0.5, 0.6) is 0 Å². The van der Waals surface area contributed by atoms with E-state index in [1.54, 1.807) is 27.6 Å². The Kier molecular flexibility index (Phi) is 6.29. The lowest BCUT2D eigenvalue weighted by Crippen LogP contribution is -2.48. The highest BCUT2D eigenvalue weighted by molar-refractivity contribution is 7.99. The molecule has 2 aromatic heterocycles. The number of benzene rings is 2. The molecule has 184 valence electrons. The van der Waals surface area contributed by atoms with Crippen LogP contribution in [0, 0.1) is 0 Å². The zero-order valence-electron chi connectivity index (χ0n) is 19.6. The minimum Gasteiger partial charge on any atom is -0.340 e. The van der Waals surface area contributed by atoms with Gasteiger partial charge in [-0.1, -0.05) is 59.8 Å². The quantitative estimate of drug-likeness (QED) is 0.374. The molecule has 10 heteroatoms. The molecule has 0 N–H and O–H groups in total. The van der Waals surface area contributed by atoms with Gasteiger partial charge in [0.1, 0.15) is 5.39 Å². The van der Waals surface area contributed by atoms with Crippen molar-refractivity contribution < 1.29 is 4.79 Å². The molecule has 0 aliphatic carbocycles. The Morgan fingerprint density at radius 1 is 1.06 bits per heavy atom. The molecule has 2 aliphatic rings. The molecule has 4 heterocycles. The molecular weight excluding hydrogens is 496 g/mol. The fourth-order valence-corrected chi connectivity index (χ4v) is 6.22. The van der Waals surface area contributed by atoms with Gasteiger partial charge in [-0.2, -0.15) is 5.10 Å². The van der Waals surface area contributed by atoms with E-state index in [9.17, 15) is 9.59 Å². The number of carbonyl (C=O) groups excluding carboxylic acids is 1. The van der Waals surface area contributed by atoms with Crippen LogP contribution in [0.25, 0.3) is 16.7 Å². The second kappa shape index (κ2) is 9.72. The van der Waals surface area contributed by atoms with Gasteiger partial charge in [0.05, 0.1) is 17.9 Å². The predicted molar refractivity (Wildman–Crippen MR) is 141 cm³/mol. The van der Waals surface area contributed by atoms with Crippen molar-refractivity contribution in [1.29, 1.82) is 0 Å². The first-order chi connectivity index (χ1) is 17.6. The first-order valence-corrected chi connectivity index (χ1v) is 13.4. The molecule has 6 rings (SSSR count). The van der Waals surface area contributed by atoms with Gasteiger partial charge in [0, 0.05) is 49.9 Å². The summed E-state index contributed by atoms with van der Waals surface area (Å²) in [5, 5.41) is 6.05. The number of thioether (sulfide) groups is 1. The van der Waals surface area contributed by atoms with Gasteiger partial charge in [0.2, 0.25) is 5.91 Å². The summed E-state index contributed by atoms with van der Waals surface area (Å²) in [6, 6.07) is 17.5. The fraction of sp³-hybridized carbons (Fsp3) is 0.308. The lowest BCUT2D eigenvalue weighted by atomic mass is 10.1. The third-order valence-electron chi connectivity index (χ3n) is 6.81. The highest BCUT2D eigenvalue weighted by Crippen LogP contribution is 2.34. The number of nitrogens with zero attached hydrogens (tertiary/aromatic N) is 6. The van der Waals surface area contributed by atoms with Crippen LogP contribution in [0.1, 0.15) is 18.0 Å². The maximum atomic E-state index is 13.4. The van der Waals surface area contributed by atoms with Crippen molar-refractivity contribution in [2.75, 3.05) is 31.9 Å². The number of fused-ring (bicyclic) bond motifs is 2. The Labute approximate surface area is 217 Å². The van der Waals surface area contributed by atoms with Crippen molar-refractivity contribution in [2.24, 2.45) is 0 Å². The summed E-state index contributed by atoms with van der Waals surface area (Å²) in [6.45, 7) is 4.01. The van der Waals surface area contributed by atoms with E-state index in [2.05, 4.69) is 34.3 Å². The van der Waals surface area contributed by atoms with Gasteiger partial charge in [-0.25, -0.2) is 9.67 Å². The molecule has 36 heavy (non-hydrogen) atoms. The predicted octanol–water partition coefficient (Wildman–Crippen LogP) is 3.62. The lowest BCUT2D eigenvalue weighted by Gasteiger charge is -2.35. The Bertz CT molecular complexity index is 1480. The van der Waals surface area contributed by atoms with Crippen molar-refractivity contribution in [3.63, 3.8) is 0 Å². The van der Waals surface area contributed by atoms with E-state index >= 15 is 0 Å². The van der Waals surface area contributed by atoms with E-state index < -0.39 is 0 Å². The van der Waals surface area contributed by atoms with E-state index in [1.165, 1.54) is 17.3 Å². The Morgan fingerprint density at radius 3 is 2.64 bits per heavy atom. The molecule has 1 fully saturated rings. The molecule has 1 unspecified atom stereocenters. The fourth-order valence-electron chi connectivity index (χ4n) is 4.91. The summed E-state index contributed by atoms with van der Waals surface area (Å²) >= 11 is 7.66. The first-order valence-electron chi connectivity index (χ1n) is 12.0. The van der Waals surface area contributed by atoms with E-state index in [4.69, 9.17) is 16.6 Å². The summed E-state index contributed by atoms with van der Waals surface area (Å²) in [4.78, 5) is 35.6. The largest absolute Gasteiger partial charge is 0.340 e. The minimum atomic E-state index is -0.209. The highest BCUT2D eigenvalue weighted by Gasteiger charge is 2.31. The smallest absolute Gasteiger partial charge is 0.265 e. The van der Waals surface area contributed by atoms with Gasteiger partial charge in [0.25, 0.3) is 5.56 Å². The zero-order valence-corrected chi connectivity index (χ0v) is 21.2.